The average Bonchev–Trinajstić information content (AvgIpc) is 3.06. The second-order valence-electron chi connectivity index (χ2n) is 12.4. The van der Waals surface area contributed by atoms with Gasteiger partial charge in [-0.15, -0.1) is 0 Å². The molecule has 4 aliphatic carbocycles. The summed E-state index contributed by atoms with van der Waals surface area (Å²) in [5.41, 5.74) is 2.78. The van der Waals surface area contributed by atoms with Crippen LogP contribution in [0.4, 0.5) is 10.5 Å². The zero-order valence-corrected chi connectivity index (χ0v) is 21.0. The molecule has 0 heterocycles. The Bertz CT molecular complexity index is 990. The van der Waals surface area contributed by atoms with Crippen LogP contribution < -0.4 is 5.32 Å². The van der Waals surface area contributed by atoms with Gasteiger partial charge in [0.2, 0.25) is 0 Å². The molecule has 0 aliphatic heterocycles. The summed E-state index contributed by atoms with van der Waals surface area (Å²) in [5, 5.41) is 13.9. The van der Waals surface area contributed by atoms with E-state index >= 15 is 0 Å². The lowest BCUT2D eigenvalue weighted by Gasteiger charge is -2.57. The van der Waals surface area contributed by atoms with Gasteiger partial charge in [-0.3, -0.25) is 10.1 Å². The largest absolute Gasteiger partial charge is 0.444 e. The predicted molar refractivity (Wildman–Crippen MR) is 133 cm³/mol. The minimum absolute atomic E-state index is 0.0506. The summed E-state index contributed by atoms with van der Waals surface area (Å²) in [6.45, 7) is 7.87. The summed E-state index contributed by atoms with van der Waals surface area (Å²) in [6.07, 6.45) is 8.06. The lowest BCUT2D eigenvalue weighted by molar-refractivity contribution is -0.116. The molecule has 3 fully saturated rings. The number of aliphatic hydroxyl groups excluding tert-OH is 1. The molecule has 34 heavy (non-hydrogen) atoms. The molecular formula is C29H39NO4. The number of amides is 1. The summed E-state index contributed by atoms with van der Waals surface area (Å²) in [4.78, 5) is 24.4. The number of benzene rings is 1. The normalized spacial score (nSPS) is 37.2. The van der Waals surface area contributed by atoms with Crippen LogP contribution in [-0.2, 0) is 9.53 Å². The maximum atomic E-state index is 12.2. The van der Waals surface area contributed by atoms with E-state index in [1.54, 1.807) is 0 Å². The first-order valence-corrected chi connectivity index (χ1v) is 13.1. The minimum atomic E-state index is -0.539. The second-order valence-corrected chi connectivity index (χ2v) is 12.4. The molecule has 0 aromatic heterocycles. The van der Waals surface area contributed by atoms with Crippen LogP contribution >= 0.6 is 0 Å². The maximum absolute atomic E-state index is 12.2. The van der Waals surface area contributed by atoms with Gasteiger partial charge in [-0.05, 0) is 118 Å². The van der Waals surface area contributed by atoms with Gasteiger partial charge in [-0.1, -0.05) is 24.6 Å². The molecule has 1 aromatic rings. The molecule has 5 heteroatoms. The molecule has 6 unspecified atom stereocenters. The molecular weight excluding hydrogens is 426 g/mol. The van der Waals surface area contributed by atoms with Crippen molar-refractivity contribution in [3.05, 3.63) is 41.5 Å². The van der Waals surface area contributed by atoms with Crippen LogP contribution in [0, 0.1) is 29.1 Å². The summed E-state index contributed by atoms with van der Waals surface area (Å²) < 4.78 is 5.39. The first kappa shape index (κ1) is 23.6. The summed E-state index contributed by atoms with van der Waals surface area (Å²) in [5.74, 6) is 2.78. The molecule has 0 saturated heterocycles. The maximum Gasteiger partial charge on any atom is 0.412 e. The Balaban J connectivity index is 1.44. The number of allylic oxidation sites excluding steroid dienone is 1. The van der Waals surface area contributed by atoms with Gasteiger partial charge in [0.05, 0.1) is 6.10 Å². The van der Waals surface area contributed by atoms with Gasteiger partial charge < -0.3 is 9.84 Å². The third-order valence-corrected chi connectivity index (χ3v) is 9.23. The van der Waals surface area contributed by atoms with E-state index in [1.165, 1.54) is 11.1 Å². The Hall–Kier alpha value is -2.14. The van der Waals surface area contributed by atoms with Crippen molar-refractivity contribution in [3.8, 4) is 0 Å². The fraction of sp³-hybridized carbons (Fsp3) is 0.655. The van der Waals surface area contributed by atoms with Crippen molar-refractivity contribution in [2.45, 2.75) is 90.3 Å². The van der Waals surface area contributed by atoms with Gasteiger partial charge >= 0.3 is 6.09 Å². The van der Waals surface area contributed by atoms with Gasteiger partial charge in [0.15, 0.2) is 5.78 Å². The number of aliphatic hydroxyl groups is 1. The van der Waals surface area contributed by atoms with Crippen molar-refractivity contribution >= 4 is 17.6 Å². The highest BCUT2D eigenvalue weighted by Crippen LogP contribution is 2.65. The number of rotatable bonds is 2. The number of hydrogen-bond acceptors (Lipinski definition) is 4. The predicted octanol–water partition coefficient (Wildman–Crippen LogP) is 6.23. The Kier molecular flexibility index (Phi) is 5.91. The Labute approximate surface area is 203 Å². The van der Waals surface area contributed by atoms with Crippen LogP contribution in [0.25, 0.3) is 0 Å². The van der Waals surface area contributed by atoms with E-state index < -0.39 is 11.7 Å². The Morgan fingerprint density at radius 1 is 1.06 bits per heavy atom. The van der Waals surface area contributed by atoms with Gasteiger partial charge in [-0.25, -0.2) is 4.79 Å². The van der Waals surface area contributed by atoms with E-state index in [9.17, 15) is 14.7 Å². The highest BCUT2D eigenvalue weighted by Gasteiger charge is 2.59. The third-order valence-electron chi connectivity index (χ3n) is 9.23. The van der Waals surface area contributed by atoms with Crippen LogP contribution in [0.1, 0.15) is 84.1 Å². The molecule has 1 amide bonds. The Morgan fingerprint density at radius 3 is 2.50 bits per heavy atom. The number of ketones is 1. The van der Waals surface area contributed by atoms with Crippen LogP contribution in [0.2, 0.25) is 0 Å². The van der Waals surface area contributed by atoms with Crippen LogP contribution in [-0.4, -0.2) is 28.7 Å². The number of carbonyl (C=O) groups is 2. The molecule has 3 saturated carbocycles. The molecule has 184 valence electrons. The monoisotopic (exact) mass is 465 g/mol. The van der Waals surface area contributed by atoms with Crippen molar-refractivity contribution in [2.24, 2.45) is 29.1 Å². The lowest BCUT2D eigenvalue weighted by atomic mass is 9.48. The SMILES string of the molecule is CC(C)(C)OC(=O)Nc1ccc(C2CC3(C)C(CC[C@@H]3O)C3CCC4=CC(=O)CCC4C23)cc1. The molecule has 0 radical (unpaired) electrons. The van der Waals surface area contributed by atoms with E-state index in [2.05, 4.69) is 24.4 Å². The minimum Gasteiger partial charge on any atom is -0.444 e. The van der Waals surface area contributed by atoms with Crippen molar-refractivity contribution in [1.29, 1.82) is 0 Å². The first-order chi connectivity index (χ1) is 16.0. The number of anilines is 1. The van der Waals surface area contributed by atoms with E-state index in [1.807, 2.05) is 39.0 Å². The first-order valence-electron chi connectivity index (χ1n) is 13.1. The number of hydrogen-bond donors (Lipinski definition) is 2. The highest BCUT2D eigenvalue weighted by molar-refractivity contribution is 5.91. The fourth-order valence-corrected chi connectivity index (χ4v) is 7.86. The van der Waals surface area contributed by atoms with Crippen molar-refractivity contribution < 1.29 is 19.4 Å². The molecule has 7 atom stereocenters. The summed E-state index contributed by atoms with van der Waals surface area (Å²) in [6, 6.07) is 8.23. The van der Waals surface area contributed by atoms with E-state index in [4.69, 9.17) is 4.74 Å². The second kappa shape index (κ2) is 8.51. The topological polar surface area (TPSA) is 75.6 Å². The number of ether oxygens (including phenoxy) is 1. The smallest absolute Gasteiger partial charge is 0.412 e. The average molecular weight is 466 g/mol. The molecule has 4 aliphatic rings. The van der Waals surface area contributed by atoms with Crippen molar-refractivity contribution in [3.63, 3.8) is 0 Å². The highest BCUT2D eigenvalue weighted by atomic mass is 16.6. The number of carbonyl (C=O) groups excluding carboxylic acids is 2. The summed E-state index contributed by atoms with van der Waals surface area (Å²) >= 11 is 0. The van der Waals surface area contributed by atoms with Crippen LogP contribution in [0.5, 0.6) is 0 Å². The molecule has 1 aromatic carbocycles. The quantitative estimate of drug-likeness (QED) is 0.543. The van der Waals surface area contributed by atoms with Gasteiger partial charge in [-0.2, -0.15) is 0 Å². The van der Waals surface area contributed by atoms with Gasteiger partial charge in [0.25, 0.3) is 0 Å². The lowest BCUT2D eigenvalue weighted by Crippen LogP contribution is -2.50. The van der Waals surface area contributed by atoms with Gasteiger partial charge in [0, 0.05) is 12.1 Å². The van der Waals surface area contributed by atoms with Crippen molar-refractivity contribution in [2.75, 3.05) is 5.32 Å². The molecule has 0 spiro atoms. The van der Waals surface area contributed by atoms with Crippen LogP contribution in [0.3, 0.4) is 0 Å². The summed E-state index contributed by atoms with van der Waals surface area (Å²) in [7, 11) is 0. The zero-order chi connectivity index (χ0) is 24.3. The number of nitrogens with one attached hydrogen (secondary N) is 1. The molecule has 2 N–H and O–H groups in total. The van der Waals surface area contributed by atoms with Crippen molar-refractivity contribution in [1.82, 2.24) is 0 Å². The van der Waals surface area contributed by atoms with E-state index in [0.29, 0.717) is 36.0 Å². The molecule has 5 nitrogen and oxygen atoms in total. The third kappa shape index (κ3) is 4.21. The molecule has 0 bridgehead atoms. The fourth-order valence-electron chi connectivity index (χ4n) is 7.86. The van der Waals surface area contributed by atoms with Gasteiger partial charge in [0.1, 0.15) is 5.60 Å². The number of fused-ring (bicyclic) bond motifs is 5. The van der Waals surface area contributed by atoms with E-state index in [0.717, 1.165) is 44.2 Å². The molecule has 5 rings (SSSR count). The standard InChI is InChI=1S/C29H39NO4/c1-28(2,3)34-27(33)30-19-8-5-17(6-9-19)23-16-29(4)24(13-14-25(29)32)22-11-7-18-15-20(31)10-12-21(18)26(22)23/h5-6,8-9,15,21-26,32H,7,10-14,16H2,1-4H3,(H,30,33)/t21?,22?,23?,24?,25-,26?,29?/m0/s1. The van der Waals surface area contributed by atoms with E-state index in [-0.39, 0.29) is 17.3 Å². The Morgan fingerprint density at radius 2 is 1.79 bits per heavy atom. The zero-order valence-electron chi connectivity index (χ0n) is 21.0. The van der Waals surface area contributed by atoms with Crippen LogP contribution in [0.15, 0.2) is 35.9 Å².